The van der Waals surface area contributed by atoms with Crippen LogP contribution < -0.4 is 10.6 Å². The predicted molar refractivity (Wildman–Crippen MR) is 90.6 cm³/mol. The van der Waals surface area contributed by atoms with Crippen molar-refractivity contribution >= 4 is 18.3 Å². The second-order valence-electron chi connectivity index (χ2n) is 6.28. The number of hydrogen-bond acceptors (Lipinski definition) is 3. The number of piperidine rings is 1. The summed E-state index contributed by atoms with van der Waals surface area (Å²) in [6, 6.07) is 4.16. The number of nitrogens with zero attached hydrogens (tertiary/aromatic N) is 1. The van der Waals surface area contributed by atoms with Crippen LogP contribution in [0.25, 0.3) is 0 Å². The van der Waals surface area contributed by atoms with Gasteiger partial charge in [-0.1, -0.05) is 13.8 Å². The molecule has 0 aliphatic carbocycles. The minimum atomic E-state index is -0.476. The second kappa shape index (κ2) is 9.18. The van der Waals surface area contributed by atoms with Gasteiger partial charge >= 0.3 is 0 Å². The first kappa shape index (κ1) is 19.0. The van der Waals surface area contributed by atoms with Crippen LogP contribution in [0.1, 0.15) is 49.6 Å². The van der Waals surface area contributed by atoms with Crippen LogP contribution >= 0.6 is 12.4 Å². The molecule has 5 nitrogen and oxygen atoms in total. The maximum atomic E-state index is 12.3. The van der Waals surface area contributed by atoms with Crippen LogP contribution in [0.4, 0.5) is 0 Å². The quantitative estimate of drug-likeness (QED) is 0.747. The lowest BCUT2D eigenvalue weighted by atomic mass is 10.1. The maximum Gasteiger partial charge on any atom is 0.268 e. The van der Waals surface area contributed by atoms with Gasteiger partial charge in [-0.3, -0.25) is 4.79 Å². The number of aromatic nitrogens is 1. The van der Waals surface area contributed by atoms with Crippen molar-refractivity contribution in [1.82, 2.24) is 15.2 Å². The highest BCUT2D eigenvalue weighted by Gasteiger charge is 2.20. The van der Waals surface area contributed by atoms with Gasteiger partial charge in [0.2, 0.25) is 0 Å². The minimum Gasteiger partial charge on any atom is -0.391 e. The highest BCUT2D eigenvalue weighted by Crippen LogP contribution is 2.21. The molecule has 0 bridgehead atoms. The lowest BCUT2D eigenvalue weighted by Gasteiger charge is -2.26. The molecular weight excluding hydrogens is 302 g/mol. The number of halogens is 1. The van der Waals surface area contributed by atoms with E-state index in [9.17, 15) is 9.90 Å². The third kappa shape index (κ3) is 5.30. The Morgan fingerprint density at radius 2 is 2.14 bits per heavy atom. The normalized spacial score (nSPS) is 17.1. The smallest absolute Gasteiger partial charge is 0.268 e. The highest BCUT2D eigenvalue weighted by atomic mass is 35.5. The van der Waals surface area contributed by atoms with Crippen molar-refractivity contribution in [1.29, 1.82) is 0 Å². The molecule has 1 aromatic rings. The molecule has 6 heteroatoms. The Balaban J connectivity index is 0.00000242. The summed E-state index contributed by atoms with van der Waals surface area (Å²) >= 11 is 0. The van der Waals surface area contributed by atoms with Crippen LogP contribution in [-0.4, -0.2) is 41.3 Å². The Hall–Kier alpha value is -1.04. The first-order chi connectivity index (χ1) is 10.1. The number of carbonyl (C=O) groups excluding carboxylic acids is 1. The minimum absolute atomic E-state index is 0. The number of rotatable bonds is 6. The van der Waals surface area contributed by atoms with E-state index in [1.807, 2.05) is 18.3 Å². The molecule has 22 heavy (non-hydrogen) atoms. The first-order valence-electron chi connectivity index (χ1n) is 7.91. The molecule has 1 aromatic heterocycles. The zero-order valence-corrected chi connectivity index (χ0v) is 14.2. The third-order valence-electron chi connectivity index (χ3n) is 3.96. The van der Waals surface area contributed by atoms with Gasteiger partial charge in [0.15, 0.2) is 0 Å². The number of nitrogens with one attached hydrogen (secondary N) is 2. The molecule has 1 atom stereocenters. The summed E-state index contributed by atoms with van der Waals surface area (Å²) in [4.78, 5) is 12.3. The Morgan fingerprint density at radius 3 is 2.77 bits per heavy atom. The molecule has 0 aromatic carbocycles. The fraction of sp³-hybridized carbons (Fsp3) is 0.688. The molecule has 1 aliphatic rings. The molecule has 2 rings (SSSR count). The van der Waals surface area contributed by atoms with Gasteiger partial charge in [0.25, 0.3) is 5.91 Å². The predicted octanol–water partition coefficient (Wildman–Crippen LogP) is 1.97. The highest BCUT2D eigenvalue weighted by molar-refractivity contribution is 5.92. The summed E-state index contributed by atoms with van der Waals surface area (Å²) in [6.45, 7) is 6.43. The number of hydrogen-bond donors (Lipinski definition) is 3. The SMILES string of the molecule is CC(C)CC(O)CNC(=O)c1cccn1C1CCNCC1.Cl. The van der Waals surface area contributed by atoms with Crippen molar-refractivity contribution in [2.45, 2.75) is 45.3 Å². The van der Waals surface area contributed by atoms with E-state index in [4.69, 9.17) is 0 Å². The van der Waals surface area contributed by atoms with Gasteiger partial charge < -0.3 is 20.3 Å². The van der Waals surface area contributed by atoms with E-state index >= 15 is 0 Å². The van der Waals surface area contributed by atoms with Crippen LogP contribution in [0.2, 0.25) is 0 Å². The maximum absolute atomic E-state index is 12.3. The number of amides is 1. The van der Waals surface area contributed by atoms with E-state index in [2.05, 4.69) is 29.0 Å². The summed E-state index contributed by atoms with van der Waals surface area (Å²) < 4.78 is 2.07. The van der Waals surface area contributed by atoms with Crippen LogP contribution in [0.15, 0.2) is 18.3 Å². The second-order valence-corrected chi connectivity index (χ2v) is 6.28. The molecule has 126 valence electrons. The van der Waals surface area contributed by atoms with Crippen LogP contribution in [0, 0.1) is 5.92 Å². The third-order valence-corrected chi connectivity index (χ3v) is 3.96. The van der Waals surface area contributed by atoms with Crippen molar-refractivity contribution in [3.8, 4) is 0 Å². The van der Waals surface area contributed by atoms with Crippen molar-refractivity contribution in [2.24, 2.45) is 5.92 Å². The van der Waals surface area contributed by atoms with E-state index in [-0.39, 0.29) is 18.3 Å². The van der Waals surface area contributed by atoms with Gasteiger partial charge in [-0.05, 0) is 50.4 Å². The average Bonchev–Trinajstić information content (AvgIpc) is 2.94. The van der Waals surface area contributed by atoms with Crippen LogP contribution in [-0.2, 0) is 0 Å². The Bertz CT molecular complexity index is 456. The van der Waals surface area contributed by atoms with E-state index < -0.39 is 6.10 Å². The van der Waals surface area contributed by atoms with Gasteiger partial charge in [-0.25, -0.2) is 0 Å². The Kier molecular flexibility index (Phi) is 7.93. The molecule has 1 unspecified atom stereocenters. The molecular formula is C16H28ClN3O2. The first-order valence-corrected chi connectivity index (χ1v) is 7.91. The summed E-state index contributed by atoms with van der Waals surface area (Å²) in [5.41, 5.74) is 0.693. The van der Waals surface area contributed by atoms with Crippen LogP contribution in [0.3, 0.4) is 0 Å². The number of aliphatic hydroxyl groups excluding tert-OH is 1. The zero-order chi connectivity index (χ0) is 15.2. The summed E-state index contributed by atoms with van der Waals surface area (Å²) in [5, 5.41) is 16.0. The summed E-state index contributed by atoms with van der Waals surface area (Å²) in [5.74, 6) is 0.330. The molecule has 0 spiro atoms. The van der Waals surface area contributed by atoms with Crippen LogP contribution in [0.5, 0.6) is 0 Å². The molecule has 1 fully saturated rings. The van der Waals surface area contributed by atoms with Crippen molar-refractivity contribution in [2.75, 3.05) is 19.6 Å². The van der Waals surface area contributed by atoms with Crippen molar-refractivity contribution in [3.63, 3.8) is 0 Å². The van der Waals surface area contributed by atoms with Crippen molar-refractivity contribution in [3.05, 3.63) is 24.0 Å². The van der Waals surface area contributed by atoms with E-state index in [0.717, 1.165) is 25.9 Å². The zero-order valence-electron chi connectivity index (χ0n) is 13.4. The van der Waals surface area contributed by atoms with E-state index in [1.54, 1.807) is 0 Å². The van der Waals surface area contributed by atoms with Gasteiger partial charge in [0.05, 0.1) is 6.10 Å². The molecule has 1 aliphatic heterocycles. The largest absolute Gasteiger partial charge is 0.391 e. The summed E-state index contributed by atoms with van der Waals surface area (Å²) in [7, 11) is 0. The molecule has 2 heterocycles. The molecule has 0 saturated carbocycles. The van der Waals surface area contributed by atoms with Gasteiger partial charge in [0, 0.05) is 18.8 Å². The standard InChI is InChI=1S/C16H27N3O2.ClH/c1-12(2)10-14(20)11-18-16(21)15-4-3-9-19(15)13-5-7-17-8-6-13;/h3-4,9,12-14,17,20H,5-8,10-11H2,1-2H3,(H,18,21);1H. The summed E-state index contributed by atoms with van der Waals surface area (Å²) in [6.07, 6.45) is 4.30. The lowest BCUT2D eigenvalue weighted by Crippen LogP contribution is -2.35. The van der Waals surface area contributed by atoms with Gasteiger partial charge in [-0.2, -0.15) is 0 Å². The number of carbonyl (C=O) groups is 1. The van der Waals surface area contributed by atoms with Gasteiger partial charge in [0.1, 0.15) is 5.69 Å². The average molecular weight is 330 g/mol. The fourth-order valence-corrected chi connectivity index (χ4v) is 2.92. The Morgan fingerprint density at radius 1 is 1.45 bits per heavy atom. The Labute approximate surface area is 138 Å². The topological polar surface area (TPSA) is 66.3 Å². The number of aliphatic hydroxyl groups is 1. The lowest BCUT2D eigenvalue weighted by molar-refractivity contribution is 0.0888. The van der Waals surface area contributed by atoms with Gasteiger partial charge in [-0.15, -0.1) is 12.4 Å². The van der Waals surface area contributed by atoms with E-state index in [1.165, 1.54) is 0 Å². The molecule has 3 N–H and O–H groups in total. The fourth-order valence-electron chi connectivity index (χ4n) is 2.92. The molecule has 1 saturated heterocycles. The van der Waals surface area contributed by atoms with Crippen molar-refractivity contribution < 1.29 is 9.90 Å². The molecule has 1 amide bonds. The molecule has 0 radical (unpaired) electrons. The monoisotopic (exact) mass is 329 g/mol. The van der Waals surface area contributed by atoms with E-state index in [0.29, 0.717) is 30.6 Å².